The molecular formula is C23H42O6S16. The molecule has 1 unspecified atom stereocenters. The van der Waals surface area contributed by atoms with Crippen LogP contribution in [0.25, 0.3) is 0 Å². The van der Waals surface area contributed by atoms with Crippen LogP contribution < -0.4 is 0 Å². The first kappa shape index (κ1) is 49.3. The van der Waals surface area contributed by atoms with Crippen molar-refractivity contribution < 1.29 is 28.8 Å². The third-order valence-corrected chi connectivity index (χ3v) is 24.2. The smallest absolute Gasteiger partial charge is 0.199 e. The van der Waals surface area contributed by atoms with Gasteiger partial charge in [0, 0.05) is 84.7 Å². The number of rotatable bonds is 35. The molecule has 0 radical (unpaired) electrons. The Morgan fingerprint density at radius 2 is 0.778 bits per heavy atom. The maximum Gasteiger partial charge on any atom is 0.199 e. The van der Waals surface area contributed by atoms with Gasteiger partial charge in [0.05, 0.1) is 35.6 Å². The summed E-state index contributed by atoms with van der Waals surface area (Å²) >= 11 is 25.1. The topological polar surface area (TPSA) is 109 Å². The maximum absolute atomic E-state index is 12.2. The average molecular weight is 928 g/mol. The van der Waals surface area contributed by atoms with Crippen LogP contribution in [0.5, 0.6) is 0 Å². The van der Waals surface area contributed by atoms with Crippen molar-refractivity contribution in [2.45, 2.75) is 0 Å². The zero-order chi connectivity index (χ0) is 33.1. The highest BCUT2D eigenvalue weighted by Gasteiger charge is 2.06. The summed E-state index contributed by atoms with van der Waals surface area (Å²) in [6.45, 7) is 0.0877. The molecule has 0 aromatic carbocycles. The lowest BCUT2D eigenvalue weighted by Gasteiger charge is -2.05. The van der Waals surface area contributed by atoms with Crippen LogP contribution in [0.15, 0.2) is 0 Å². The monoisotopic (exact) mass is 926 g/mol. The minimum atomic E-state index is -0.770. The maximum atomic E-state index is 12.2. The molecule has 0 bridgehead atoms. The van der Waals surface area contributed by atoms with Gasteiger partial charge in [-0.05, 0) is 0 Å². The van der Waals surface area contributed by atoms with Gasteiger partial charge < -0.3 is 10.2 Å². The Kier molecular flexibility index (Phi) is 45.0. The highest BCUT2D eigenvalue weighted by molar-refractivity contribution is 8.31. The third kappa shape index (κ3) is 41.0. The molecule has 0 amide bonds. The third-order valence-electron chi connectivity index (χ3n) is 3.84. The van der Waals surface area contributed by atoms with E-state index in [9.17, 15) is 18.6 Å². The summed E-state index contributed by atoms with van der Waals surface area (Å²) in [6, 6.07) is 0. The van der Waals surface area contributed by atoms with Crippen LogP contribution in [0.2, 0.25) is 0 Å². The highest BCUT2D eigenvalue weighted by atomic mass is 32.3. The Morgan fingerprint density at radius 3 is 1.22 bits per heavy atom. The van der Waals surface area contributed by atoms with E-state index < -0.39 is 10.8 Å². The minimum absolute atomic E-state index is 0.0409. The summed E-state index contributed by atoms with van der Waals surface area (Å²) in [7, 11) is -0.770. The Bertz CT molecular complexity index is 742. The van der Waals surface area contributed by atoms with Crippen LogP contribution in [-0.4, -0.2) is 139 Å². The SMILES string of the molecule is O=C(CSCSCSCSCCS(=O)CSCSCSCSCSC(=O)CSCSCSCSCC(=O)SCCO)SCCO. The van der Waals surface area contributed by atoms with Gasteiger partial charge in [-0.2, -0.15) is 11.8 Å². The Labute approximate surface area is 336 Å². The molecule has 0 spiro atoms. The summed E-state index contributed by atoms with van der Waals surface area (Å²) in [6.07, 6.45) is 0. The van der Waals surface area contributed by atoms with Crippen molar-refractivity contribution in [2.24, 2.45) is 0 Å². The van der Waals surface area contributed by atoms with E-state index in [-0.39, 0.29) is 28.6 Å². The number of carbonyl (C=O) groups excluding carboxylic acids is 3. The molecule has 0 saturated carbocycles. The molecule has 0 aromatic heterocycles. The van der Waals surface area contributed by atoms with E-state index in [1.807, 2.05) is 58.8 Å². The standard InChI is InChI=1S/C23H42O6S16/c24-1-3-42-21(26)7-31-11-35-14-34-10-30-5-6-45(29)20-41-18-39-16-38-17-40-19-44-23(28)9-33-13-37-15-36-12-32-8-22(27)43-4-2-25/h24-25H,1-20H2. The fourth-order valence-electron chi connectivity index (χ4n) is 2.09. The fourth-order valence-corrected chi connectivity index (χ4v) is 21.1. The van der Waals surface area contributed by atoms with Gasteiger partial charge in [-0.1, -0.05) is 35.3 Å². The van der Waals surface area contributed by atoms with Crippen LogP contribution in [0, 0.1) is 0 Å². The second-order valence-corrected chi connectivity index (χ2v) is 28.3. The van der Waals surface area contributed by atoms with Gasteiger partial charge in [0.2, 0.25) is 0 Å². The van der Waals surface area contributed by atoms with Crippen molar-refractivity contribution in [1.29, 1.82) is 0 Å². The quantitative estimate of drug-likeness (QED) is 0.0476. The molecular weight excluding hydrogens is 885 g/mol. The molecule has 266 valence electrons. The number of carbonyl (C=O) groups is 3. The summed E-state index contributed by atoms with van der Waals surface area (Å²) in [5.41, 5.74) is 0. The number of aliphatic hydroxyl groups excluding tert-OH is 2. The Morgan fingerprint density at radius 1 is 0.422 bits per heavy atom. The molecule has 22 heteroatoms. The van der Waals surface area contributed by atoms with E-state index in [4.69, 9.17) is 10.2 Å². The first-order valence-electron chi connectivity index (χ1n) is 13.0. The van der Waals surface area contributed by atoms with E-state index in [1.165, 1.54) is 35.3 Å². The van der Waals surface area contributed by atoms with Gasteiger partial charge in [-0.3, -0.25) is 18.6 Å². The molecule has 2 N–H and O–H groups in total. The van der Waals surface area contributed by atoms with E-state index in [1.54, 1.807) is 82.3 Å². The van der Waals surface area contributed by atoms with Crippen molar-refractivity contribution in [1.82, 2.24) is 0 Å². The van der Waals surface area contributed by atoms with Crippen LogP contribution in [0.4, 0.5) is 0 Å². The molecule has 0 aliphatic carbocycles. The molecule has 0 aliphatic heterocycles. The molecule has 1 atom stereocenters. The van der Waals surface area contributed by atoms with Crippen molar-refractivity contribution in [2.75, 3.05) is 109 Å². The highest BCUT2D eigenvalue weighted by Crippen LogP contribution is 2.26. The van der Waals surface area contributed by atoms with Gasteiger partial charge in [0.15, 0.2) is 15.3 Å². The summed E-state index contributed by atoms with van der Waals surface area (Å²) in [5.74, 6) is 4.16. The fraction of sp³-hybridized carbons (Fsp3) is 0.870. The second kappa shape index (κ2) is 41.1. The Balaban J connectivity index is 3.30. The molecule has 0 heterocycles. The lowest BCUT2D eigenvalue weighted by molar-refractivity contribution is -0.109. The molecule has 0 rings (SSSR count). The number of thioether (sulfide) groups is 15. The Hall–Kier alpha value is 4.33. The van der Waals surface area contributed by atoms with Gasteiger partial charge in [0.1, 0.15) is 0 Å². The predicted molar refractivity (Wildman–Crippen MR) is 239 cm³/mol. The largest absolute Gasteiger partial charge is 0.396 e. The first-order chi connectivity index (χ1) is 22.0. The van der Waals surface area contributed by atoms with Gasteiger partial charge in [0.25, 0.3) is 0 Å². The summed E-state index contributed by atoms with van der Waals surface area (Å²) < 4.78 is 12.2. The van der Waals surface area contributed by atoms with E-state index in [0.717, 1.165) is 62.4 Å². The van der Waals surface area contributed by atoms with Crippen molar-refractivity contribution in [3.8, 4) is 0 Å². The van der Waals surface area contributed by atoms with E-state index in [0.29, 0.717) is 33.8 Å². The van der Waals surface area contributed by atoms with Crippen molar-refractivity contribution in [3.63, 3.8) is 0 Å². The molecule has 0 aliphatic rings. The molecule has 0 saturated heterocycles. The molecule has 0 aromatic rings. The summed E-state index contributed by atoms with van der Waals surface area (Å²) in [4.78, 5) is 35.0. The van der Waals surface area contributed by atoms with Crippen molar-refractivity contribution >= 4 is 203 Å². The normalized spacial score (nSPS) is 12.0. The van der Waals surface area contributed by atoms with Crippen LogP contribution >= 0.6 is 176 Å². The molecule has 6 nitrogen and oxygen atoms in total. The van der Waals surface area contributed by atoms with Gasteiger partial charge in [-0.25, -0.2) is 0 Å². The zero-order valence-corrected chi connectivity index (χ0v) is 37.8. The predicted octanol–water partition coefficient (Wildman–Crippen LogP) is 7.83. The van der Waals surface area contributed by atoms with Gasteiger partial charge >= 0.3 is 0 Å². The molecule has 45 heavy (non-hydrogen) atoms. The first-order valence-corrected chi connectivity index (χ1v) is 31.3. The van der Waals surface area contributed by atoms with Crippen molar-refractivity contribution in [3.05, 3.63) is 0 Å². The van der Waals surface area contributed by atoms with Gasteiger partial charge in [-0.15, -0.1) is 129 Å². The van der Waals surface area contributed by atoms with Crippen LogP contribution in [-0.2, 0) is 25.2 Å². The lowest BCUT2D eigenvalue weighted by atomic mass is 10.9. The van der Waals surface area contributed by atoms with E-state index in [2.05, 4.69) is 0 Å². The van der Waals surface area contributed by atoms with Crippen LogP contribution in [0.1, 0.15) is 0 Å². The van der Waals surface area contributed by atoms with E-state index >= 15 is 0 Å². The summed E-state index contributed by atoms with van der Waals surface area (Å²) in [5, 5.41) is 28.0. The second-order valence-electron chi connectivity index (χ2n) is 7.43. The number of hydrogen-bond acceptors (Lipinski definition) is 21. The van der Waals surface area contributed by atoms with Crippen LogP contribution in [0.3, 0.4) is 0 Å². The zero-order valence-electron chi connectivity index (χ0n) is 24.7. The minimum Gasteiger partial charge on any atom is -0.396 e. The number of hydrogen-bond donors (Lipinski definition) is 2. The molecule has 0 fully saturated rings. The number of aliphatic hydroxyl groups is 2. The lowest BCUT2D eigenvalue weighted by Crippen LogP contribution is -2.02. The average Bonchev–Trinajstić information content (AvgIpc) is 3.03.